The number of nitrogens with zero attached hydrogens (tertiary/aromatic N) is 3. The molecule has 0 radical (unpaired) electrons. The molecule has 4 atom stereocenters. The molecule has 1 fully saturated rings. The fourth-order valence-electron chi connectivity index (χ4n) is 4.26. The number of hydrogen-bond acceptors (Lipinski definition) is 8. The van der Waals surface area contributed by atoms with Crippen molar-refractivity contribution >= 4 is 28.5 Å². The maximum atomic E-state index is 14.9. The van der Waals surface area contributed by atoms with E-state index in [-0.39, 0.29) is 33.5 Å². The smallest absolute Gasteiger partial charge is 0.425 e. The molecule has 0 unspecified atom stereocenters. The number of methoxy groups -OCH3 is 1. The van der Waals surface area contributed by atoms with Crippen LogP contribution in [-0.4, -0.2) is 51.8 Å². The Morgan fingerprint density at radius 1 is 1.34 bits per heavy atom. The number of nitrogens with one attached hydrogen (secondary N) is 1. The van der Waals surface area contributed by atoms with Crippen LogP contribution in [0.2, 0.25) is 0 Å². The summed E-state index contributed by atoms with van der Waals surface area (Å²) in [6, 6.07) is 4.10. The molecule has 1 aromatic carbocycles. The van der Waals surface area contributed by atoms with Crippen molar-refractivity contribution in [2.75, 3.05) is 19.0 Å². The molecule has 1 amide bonds. The molecular formula is C22H23F4N5O3S. The van der Waals surface area contributed by atoms with Gasteiger partial charge in [0.2, 0.25) is 5.88 Å². The van der Waals surface area contributed by atoms with E-state index >= 15 is 0 Å². The van der Waals surface area contributed by atoms with E-state index in [1.165, 1.54) is 30.0 Å². The summed E-state index contributed by atoms with van der Waals surface area (Å²) in [5.41, 5.74) is 5.51. The van der Waals surface area contributed by atoms with Crippen LogP contribution in [0.15, 0.2) is 35.6 Å². The summed E-state index contributed by atoms with van der Waals surface area (Å²) >= 11 is 1.43. The predicted octanol–water partition coefficient (Wildman–Crippen LogP) is 3.88. The number of amidine groups is 1. The summed E-state index contributed by atoms with van der Waals surface area (Å²) in [5, 5.41) is 2.94. The number of nitrogens with two attached hydrogens (primary N) is 1. The van der Waals surface area contributed by atoms with Crippen LogP contribution in [0.3, 0.4) is 0 Å². The lowest BCUT2D eigenvalue weighted by atomic mass is 9.85. The molecule has 2 aliphatic rings. The number of halogens is 4. The zero-order valence-electron chi connectivity index (χ0n) is 19.0. The van der Waals surface area contributed by atoms with Crippen molar-refractivity contribution in [3.05, 3.63) is 47.7 Å². The quantitative estimate of drug-likeness (QED) is 0.541. The molecule has 35 heavy (non-hydrogen) atoms. The number of fused-ring (bicyclic) bond motifs is 1. The summed E-state index contributed by atoms with van der Waals surface area (Å²) in [5.74, 6) is -1.56. The molecule has 8 nitrogen and oxygen atoms in total. The SMILES string of the molecule is COC[C@]12C[C@H]1[C@@](C)(c1cc(NC(=O)c3cnc(O[C@H](C)C(F)(F)F)cn3)ccc1F)N=C(N)S2. The first-order valence-electron chi connectivity index (χ1n) is 10.6. The van der Waals surface area contributed by atoms with E-state index in [0.717, 1.165) is 25.7 Å². The summed E-state index contributed by atoms with van der Waals surface area (Å²) in [7, 11) is 1.60. The zero-order valence-corrected chi connectivity index (χ0v) is 19.8. The van der Waals surface area contributed by atoms with Gasteiger partial charge in [-0.3, -0.25) is 9.79 Å². The number of anilines is 1. The molecule has 1 saturated carbocycles. The Morgan fingerprint density at radius 3 is 2.71 bits per heavy atom. The maximum Gasteiger partial charge on any atom is 0.425 e. The normalized spacial score (nSPS) is 26.4. The van der Waals surface area contributed by atoms with E-state index in [1.807, 2.05) is 0 Å². The van der Waals surface area contributed by atoms with E-state index in [9.17, 15) is 22.4 Å². The first kappa shape index (κ1) is 25.2. The number of thioether (sulfide) groups is 1. The average Bonchev–Trinajstić information content (AvgIpc) is 3.49. The molecule has 0 saturated heterocycles. The number of amides is 1. The van der Waals surface area contributed by atoms with E-state index < -0.39 is 29.5 Å². The highest BCUT2D eigenvalue weighted by Gasteiger charge is 2.66. The summed E-state index contributed by atoms with van der Waals surface area (Å²) in [6.45, 7) is 3.09. The molecule has 1 aromatic heterocycles. The third-order valence-corrected chi connectivity index (χ3v) is 7.41. The minimum absolute atomic E-state index is 0.00907. The van der Waals surface area contributed by atoms with Crippen molar-refractivity contribution in [3.8, 4) is 5.88 Å². The number of carbonyl (C=O) groups is 1. The van der Waals surface area contributed by atoms with Gasteiger partial charge in [0, 0.05) is 24.3 Å². The highest BCUT2D eigenvalue weighted by atomic mass is 32.2. The lowest BCUT2D eigenvalue weighted by molar-refractivity contribution is -0.190. The van der Waals surface area contributed by atoms with Crippen LogP contribution in [0, 0.1) is 11.7 Å². The van der Waals surface area contributed by atoms with E-state index in [1.54, 1.807) is 14.0 Å². The number of carbonyl (C=O) groups excluding carboxylic acids is 1. The number of rotatable bonds is 7. The first-order valence-corrected chi connectivity index (χ1v) is 11.4. The van der Waals surface area contributed by atoms with Gasteiger partial charge in [0.25, 0.3) is 5.91 Å². The summed E-state index contributed by atoms with van der Waals surface area (Å²) < 4.78 is 62.6. The molecular weight excluding hydrogens is 490 g/mol. The summed E-state index contributed by atoms with van der Waals surface area (Å²) in [4.78, 5) is 24.7. The van der Waals surface area contributed by atoms with Crippen LogP contribution in [0.1, 0.15) is 36.3 Å². The number of aromatic nitrogens is 2. The molecule has 2 heterocycles. The topological polar surface area (TPSA) is 112 Å². The molecule has 3 N–H and O–H groups in total. The van der Waals surface area contributed by atoms with Crippen molar-refractivity contribution in [1.29, 1.82) is 0 Å². The Hall–Kier alpha value is -2.93. The van der Waals surface area contributed by atoms with Crippen molar-refractivity contribution in [1.82, 2.24) is 9.97 Å². The highest BCUT2D eigenvalue weighted by Crippen LogP contribution is 2.66. The van der Waals surface area contributed by atoms with Crippen molar-refractivity contribution in [2.24, 2.45) is 16.6 Å². The average molecular weight is 514 g/mol. The second kappa shape index (κ2) is 8.94. The monoisotopic (exact) mass is 513 g/mol. The molecule has 13 heteroatoms. The highest BCUT2D eigenvalue weighted by molar-refractivity contribution is 8.15. The number of alkyl halides is 3. The minimum Gasteiger partial charge on any atom is -0.464 e. The van der Waals surface area contributed by atoms with Crippen molar-refractivity contribution in [3.63, 3.8) is 0 Å². The summed E-state index contributed by atoms with van der Waals surface area (Å²) in [6.07, 6.45) is -3.98. The van der Waals surface area contributed by atoms with Gasteiger partial charge in [-0.05, 0) is 38.5 Å². The van der Waals surface area contributed by atoms with Crippen LogP contribution in [-0.2, 0) is 10.3 Å². The third kappa shape index (κ3) is 4.92. The standard InChI is InChI=1S/C22H23F4N5O3S/c1-11(22(24,25)26)34-17-9-28-15(8-29-17)18(32)30-12-4-5-14(23)13(6-12)20(2)16-7-21(16,10-33-3)35-19(27)31-20/h4-6,8-9,11,16H,7,10H2,1-3H3,(H2,27,31)(H,30,32)/t11-,16+,20-,21-/m1/s1. The minimum atomic E-state index is -4.57. The Labute approximate surface area is 202 Å². The second-order valence-electron chi connectivity index (χ2n) is 8.64. The van der Waals surface area contributed by atoms with Crippen LogP contribution >= 0.6 is 11.8 Å². The van der Waals surface area contributed by atoms with Gasteiger partial charge >= 0.3 is 6.18 Å². The van der Waals surface area contributed by atoms with Crippen LogP contribution in [0.25, 0.3) is 0 Å². The van der Waals surface area contributed by atoms with Gasteiger partial charge in [-0.15, -0.1) is 0 Å². The largest absolute Gasteiger partial charge is 0.464 e. The predicted molar refractivity (Wildman–Crippen MR) is 122 cm³/mol. The lowest BCUT2D eigenvalue weighted by Crippen LogP contribution is -2.37. The molecule has 2 aromatic rings. The van der Waals surface area contributed by atoms with Crippen molar-refractivity contribution in [2.45, 2.75) is 42.8 Å². The van der Waals surface area contributed by atoms with Gasteiger partial charge in [-0.2, -0.15) is 13.2 Å². The van der Waals surface area contributed by atoms with Gasteiger partial charge in [0.1, 0.15) is 11.5 Å². The lowest BCUT2D eigenvalue weighted by Gasteiger charge is -2.34. The van der Waals surface area contributed by atoms with E-state index in [2.05, 4.69) is 25.0 Å². The molecule has 1 aliphatic heterocycles. The van der Waals surface area contributed by atoms with Crippen LogP contribution < -0.4 is 15.8 Å². The fraction of sp³-hybridized carbons (Fsp3) is 0.455. The second-order valence-corrected chi connectivity index (χ2v) is 10.1. The molecule has 0 spiro atoms. The number of benzene rings is 1. The van der Waals surface area contributed by atoms with Crippen LogP contribution in [0.5, 0.6) is 5.88 Å². The zero-order chi connectivity index (χ0) is 25.6. The number of hydrogen-bond donors (Lipinski definition) is 2. The Kier molecular flexibility index (Phi) is 6.43. The number of aliphatic imine (C=N–C) groups is 1. The van der Waals surface area contributed by atoms with Crippen LogP contribution in [0.4, 0.5) is 23.2 Å². The van der Waals surface area contributed by atoms with Gasteiger partial charge < -0.3 is 20.5 Å². The Morgan fingerprint density at radius 2 is 2.09 bits per heavy atom. The van der Waals surface area contributed by atoms with Gasteiger partial charge in [-0.1, -0.05) is 11.8 Å². The van der Waals surface area contributed by atoms with Gasteiger partial charge in [-0.25, -0.2) is 14.4 Å². The molecule has 188 valence electrons. The third-order valence-electron chi connectivity index (χ3n) is 6.13. The Balaban J connectivity index is 1.52. The van der Waals surface area contributed by atoms with E-state index in [0.29, 0.717) is 11.8 Å². The molecule has 4 rings (SSSR count). The molecule has 0 bridgehead atoms. The van der Waals surface area contributed by atoms with E-state index in [4.69, 9.17) is 10.5 Å². The fourth-order valence-corrected chi connectivity index (χ4v) is 5.71. The maximum absolute atomic E-state index is 14.9. The first-order chi connectivity index (χ1) is 16.4. The molecule has 1 aliphatic carbocycles. The van der Waals surface area contributed by atoms with Gasteiger partial charge in [0.05, 0.1) is 29.3 Å². The number of ether oxygens (including phenoxy) is 2. The van der Waals surface area contributed by atoms with Crippen molar-refractivity contribution < 1.29 is 31.8 Å². The Bertz CT molecular complexity index is 1160. The van der Waals surface area contributed by atoms with Gasteiger partial charge in [0.15, 0.2) is 11.3 Å².